The lowest BCUT2D eigenvalue weighted by Gasteiger charge is -2.30. The normalized spacial score (nSPS) is 15.5. The van der Waals surface area contributed by atoms with Gasteiger partial charge < -0.3 is 24.6 Å². The standard InChI is InChI=1S/C25H27F3N6O/c1-33-12-10-18(11-13-33)30-20-8-5-9-21-19(20)14-22(34(21)16-25(26,27)28)24-31-23(35-32-24)15-29-17-6-3-2-4-7-17/h2-9,14,18,29-30H,10-13,15-16H2,1H3. The van der Waals surface area contributed by atoms with E-state index in [2.05, 4.69) is 32.7 Å². The molecular weight excluding hydrogens is 457 g/mol. The third-order valence-corrected chi connectivity index (χ3v) is 6.28. The molecule has 184 valence electrons. The molecule has 3 heterocycles. The van der Waals surface area contributed by atoms with Crippen molar-refractivity contribution in [3.8, 4) is 11.5 Å². The number of fused-ring (bicyclic) bond motifs is 1. The second-order valence-corrected chi connectivity index (χ2v) is 8.92. The smallest absolute Gasteiger partial charge is 0.382 e. The molecule has 0 aliphatic carbocycles. The zero-order valence-electron chi connectivity index (χ0n) is 19.3. The molecule has 0 saturated carbocycles. The lowest BCUT2D eigenvalue weighted by atomic mass is 10.0. The van der Waals surface area contributed by atoms with Crippen LogP contribution in [0.1, 0.15) is 18.7 Å². The van der Waals surface area contributed by atoms with Crippen LogP contribution < -0.4 is 10.6 Å². The van der Waals surface area contributed by atoms with Crippen LogP contribution in [0.3, 0.4) is 0 Å². The fraction of sp³-hybridized carbons (Fsp3) is 0.360. The second-order valence-electron chi connectivity index (χ2n) is 8.92. The molecule has 5 rings (SSSR count). The van der Waals surface area contributed by atoms with Crippen LogP contribution in [-0.4, -0.2) is 52.0 Å². The average molecular weight is 485 g/mol. The Kier molecular flexibility index (Phi) is 6.38. The molecule has 0 unspecified atom stereocenters. The van der Waals surface area contributed by atoms with Crippen LogP contribution in [-0.2, 0) is 13.1 Å². The molecule has 10 heteroatoms. The maximum absolute atomic E-state index is 13.6. The summed E-state index contributed by atoms with van der Waals surface area (Å²) in [6.07, 6.45) is -2.45. The first-order valence-electron chi connectivity index (χ1n) is 11.6. The maximum atomic E-state index is 13.6. The van der Waals surface area contributed by atoms with E-state index in [0.717, 1.165) is 37.3 Å². The minimum Gasteiger partial charge on any atom is -0.382 e. The van der Waals surface area contributed by atoms with Gasteiger partial charge in [0.25, 0.3) is 0 Å². The van der Waals surface area contributed by atoms with Gasteiger partial charge in [0.2, 0.25) is 11.7 Å². The van der Waals surface area contributed by atoms with Gasteiger partial charge in [-0.1, -0.05) is 29.4 Å². The number of anilines is 2. The summed E-state index contributed by atoms with van der Waals surface area (Å²) in [5.74, 6) is 0.415. The third-order valence-electron chi connectivity index (χ3n) is 6.28. The zero-order chi connectivity index (χ0) is 24.4. The number of likely N-dealkylation sites (tertiary alicyclic amines) is 1. The number of hydrogen-bond acceptors (Lipinski definition) is 6. The van der Waals surface area contributed by atoms with Crippen molar-refractivity contribution >= 4 is 22.3 Å². The summed E-state index contributed by atoms with van der Waals surface area (Å²) in [5.41, 5.74) is 2.44. The highest BCUT2D eigenvalue weighted by molar-refractivity contribution is 5.96. The minimum absolute atomic E-state index is 0.126. The molecule has 2 aromatic carbocycles. The van der Waals surface area contributed by atoms with Crippen molar-refractivity contribution in [1.82, 2.24) is 19.6 Å². The third kappa shape index (κ3) is 5.43. The van der Waals surface area contributed by atoms with E-state index >= 15 is 0 Å². The second kappa shape index (κ2) is 9.61. The van der Waals surface area contributed by atoms with E-state index in [1.807, 2.05) is 36.4 Å². The minimum atomic E-state index is -4.40. The fourth-order valence-corrected chi connectivity index (χ4v) is 4.48. The average Bonchev–Trinajstić information content (AvgIpc) is 3.44. The highest BCUT2D eigenvalue weighted by atomic mass is 19.4. The number of halogens is 3. The molecule has 2 aromatic heterocycles. The molecule has 1 aliphatic rings. The van der Waals surface area contributed by atoms with Gasteiger partial charge in [-0.3, -0.25) is 0 Å². The lowest BCUT2D eigenvalue weighted by Crippen LogP contribution is -2.36. The lowest BCUT2D eigenvalue weighted by molar-refractivity contribution is -0.139. The van der Waals surface area contributed by atoms with Crippen LogP contribution in [0.5, 0.6) is 0 Å². The number of rotatable bonds is 7. The first-order chi connectivity index (χ1) is 16.9. The molecule has 35 heavy (non-hydrogen) atoms. The number of benzene rings is 2. The number of nitrogens with one attached hydrogen (secondary N) is 2. The van der Waals surface area contributed by atoms with Crippen molar-refractivity contribution in [2.45, 2.75) is 38.1 Å². The molecule has 0 bridgehead atoms. The number of piperidine rings is 1. The Bertz CT molecular complexity index is 1280. The van der Waals surface area contributed by atoms with Gasteiger partial charge in [-0.15, -0.1) is 0 Å². The van der Waals surface area contributed by atoms with Crippen molar-refractivity contribution in [3.63, 3.8) is 0 Å². The number of aromatic nitrogens is 3. The Morgan fingerprint density at radius 1 is 1.06 bits per heavy atom. The summed E-state index contributed by atoms with van der Waals surface area (Å²) in [6, 6.07) is 16.9. The van der Waals surface area contributed by atoms with Crippen molar-refractivity contribution in [1.29, 1.82) is 0 Å². The fourth-order valence-electron chi connectivity index (χ4n) is 4.48. The van der Waals surface area contributed by atoms with Gasteiger partial charge in [0.15, 0.2) is 0 Å². The molecule has 0 radical (unpaired) electrons. The molecule has 1 fully saturated rings. The van der Waals surface area contributed by atoms with Crippen LogP contribution in [0.4, 0.5) is 24.5 Å². The van der Waals surface area contributed by atoms with Gasteiger partial charge in [-0.2, -0.15) is 18.2 Å². The highest BCUT2D eigenvalue weighted by Crippen LogP contribution is 2.35. The monoisotopic (exact) mass is 484 g/mol. The zero-order valence-corrected chi connectivity index (χ0v) is 19.3. The molecule has 7 nitrogen and oxygen atoms in total. The van der Waals surface area contributed by atoms with Gasteiger partial charge in [-0.05, 0) is 63.3 Å². The molecule has 2 N–H and O–H groups in total. The summed E-state index contributed by atoms with van der Waals surface area (Å²) in [4.78, 5) is 6.66. The number of nitrogens with zero attached hydrogens (tertiary/aromatic N) is 4. The van der Waals surface area contributed by atoms with Crippen LogP contribution in [0.25, 0.3) is 22.4 Å². The summed E-state index contributed by atoms with van der Waals surface area (Å²) in [7, 11) is 2.09. The van der Waals surface area contributed by atoms with E-state index in [4.69, 9.17) is 4.52 Å². The van der Waals surface area contributed by atoms with E-state index in [9.17, 15) is 13.2 Å². The van der Waals surface area contributed by atoms with Crippen molar-refractivity contribution in [3.05, 3.63) is 60.5 Å². The summed E-state index contributed by atoms with van der Waals surface area (Å²) < 4.78 is 47.2. The van der Waals surface area contributed by atoms with E-state index in [0.29, 0.717) is 10.9 Å². The number of para-hydroxylation sites is 1. The van der Waals surface area contributed by atoms with Gasteiger partial charge in [0.05, 0.1) is 17.8 Å². The molecule has 4 aromatic rings. The Hall–Kier alpha value is -3.53. The maximum Gasteiger partial charge on any atom is 0.406 e. The SMILES string of the molecule is CN1CCC(Nc2cccc3c2cc(-c2noc(CNc4ccccc4)n2)n3CC(F)(F)F)CC1. The number of alkyl halides is 3. The highest BCUT2D eigenvalue weighted by Gasteiger charge is 2.31. The van der Waals surface area contributed by atoms with Gasteiger partial charge in [0, 0.05) is 22.8 Å². The van der Waals surface area contributed by atoms with Crippen LogP contribution in [0.2, 0.25) is 0 Å². The predicted octanol–water partition coefficient (Wildman–Crippen LogP) is 5.37. The van der Waals surface area contributed by atoms with Gasteiger partial charge >= 0.3 is 6.18 Å². The summed E-state index contributed by atoms with van der Waals surface area (Å²) >= 11 is 0. The Morgan fingerprint density at radius 2 is 1.83 bits per heavy atom. The molecular formula is C25H27F3N6O. The largest absolute Gasteiger partial charge is 0.406 e. The van der Waals surface area contributed by atoms with Crippen molar-refractivity contribution in [2.75, 3.05) is 30.8 Å². The number of hydrogen-bond donors (Lipinski definition) is 2. The van der Waals surface area contributed by atoms with Gasteiger partial charge in [-0.25, -0.2) is 0 Å². The summed E-state index contributed by atoms with van der Waals surface area (Å²) in [5, 5.41) is 11.4. The first kappa shape index (κ1) is 23.2. The predicted molar refractivity (Wildman–Crippen MR) is 129 cm³/mol. The van der Waals surface area contributed by atoms with E-state index in [-0.39, 0.29) is 30.0 Å². The van der Waals surface area contributed by atoms with E-state index in [1.165, 1.54) is 4.57 Å². The Labute approximate surface area is 200 Å². The first-order valence-corrected chi connectivity index (χ1v) is 11.6. The van der Waals surface area contributed by atoms with Crippen LogP contribution in [0, 0.1) is 0 Å². The van der Waals surface area contributed by atoms with Crippen LogP contribution >= 0.6 is 0 Å². The van der Waals surface area contributed by atoms with E-state index < -0.39 is 12.7 Å². The quantitative estimate of drug-likeness (QED) is 0.368. The molecule has 1 saturated heterocycles. The van der Waals surface area contributed by atoms with Crippen molar-refractivity contribution < 1.29 is 17.7 Å². The van der Waals surface area contributed by atoms with Crippen LogP contribution in [0.15, 0.2) is 59.1 Å². The Balaban J connectivity index is 1.46. The molecule has 0 spiro atoms. The molecule has 0 atom stereocenters. The van der Waals surface area contributed by atoms with Crippen molar-refractivity contribution in [2.24, 2.45) is 0 Å². The summed E-state index contributed by atoms with van der Waals surface area (Å²) in [6.45, 7) is 1.09. The van der Waals surface area contributed by atoms with Gasteiger partial charge in [0.1, 0.15) is 6.54 Å². The topological polar surface area (TPSA) is 71.2 Å². The molecule has 1 aliphatic heterocycles. The Morgan fingerprint density at radius 3 is 2.57 bits per heavy atom. The molecule has 0 amide bonds. The van der Waals surface area contributed by atoms with E-state index in [1.54, 1.807) is 18.2 Å².